The van der Waals surface area contributed by atoms with E-state index in [0.717, 1.165) is 6.07 Å². The third kappa shape index (κ3) is 9.18. The van der Waals surface area contributed by atoms with Gasteiger partial charge in [0.2, 0.25) is 0 Å². The van der Waals surface area contributed by atoms with Crippen LogP contribution in [0, 0.1) is 5.92 Å². The van der Waals surface area contributed by atoms with Gasteiger partial charge in [0, 0.05) is 0 Å². The van der Waals surface area contributed by atoms with Crippen LogP contribution < -0.4 is 15.2 Å². The molecule has 0 bridgehead atoms. The molecule has 164 valence electrons. The molecule has 0 saturated carbocycles. The standard InChI is InChI=1S/C18H27F2N3O5S/c1-11(2)9-14(22-17(25)28-18(3,4)5)15(24)23-29(21,26)13-8-6-7-12(10-13)27-16(19)20/h6-8,10-11,14,16H,9H2,1-5H3,(H,22,25)(H2,21,23,24,26)/t14-,29?/m0/s1. The van der Waals surface area contributed by atoms with Crippen molar-refractivity contribution < 1.29 is 32.1 Å². The van der Waals surface area contributed by atoms with Gasteiger partial charge in [0.05, 0.1) is 4.90 Å². The number of amides is 2. The fourth-order valence-corrected chi connectivity index (χ4v) is 3.28. The molecule has 2 atom stereocenters. The summed E-state index contributed by atoms with van der Waals surface area (Å²) in [6, 6.07) is 3.69. The monoisotopic (exact) mass is 435 g/mol. The molecule has 0 saturated heterocycles. The van der Waals surface area contributed by atoms with Gasteiger partial charge in [0.25, 0.3) is 5.91 Å². The van der Waals surface area contributed by atoms with Gasteiger partial charge in [0.15, 0.2) is 0 Å². The number of halogens is 2. The second-order valence-corrected chi connectivity index (χ2v) is 9.47. The highest BCUT2D eigenvalue weighted by Crippen LogP contribution is 2.20. The van der Waals surface area contributed by atoms with Crippen LogP contribution in [0.5, 0.6) is 5.75 Å². The number of rotatable bonds is 7. The average Bonchev–Trinajstić information content (AvgIpc) is 2.51. The first-order valence-electron chi connectivity index (χ1n) is 8.83. The summed E-state index contributed by atoms with van der Waals surface area (Å²) in [6.45, 7) is 5.56. The molecule has 1 aromatic carbocycles. The summed E-state index contributed by atoms with van der Waals surface area (Å²) in [4.78, 5) is 24.4. The van der Waals surface area contributed by atoms with Crippen molar-refractivity contribution in [2.75, 3.05) is 0 Å². The Morgan fingerprint density at radius 3 is 2.41 bits per heavy atom. The van der Waals surface area contributed by atoms with E-state index >= 15 is 0 Å². The lowest BCUT2D eigenvalue weighted by atomic mass is 10.0. The van der Waals surface area contributed by atoms with E-state index in [1.54, 1.807) is 20.8 Å². The third-order valence-electron chi connectivity index (χ3n) is 3.29. The highest BCUT2D eigenvalue weighted by molar-refractivity contribution is 7.91. The van der Waals surface area contributed by atoms with E-state index in [9.17, 15) is 22.6 Å². The van der Waals surface area contributed by atoms with Crippen LogP contribution in [0.2, 0.25) is 0 Å². The maximum Gasteiger partial charge on any atom is 0.408 e. The van der Waals surface area contributed by atoms with E-state index in [4.69, 9.17) is 9.88 Å². The molecule has 8 nitrogen and oxygen atoms in total. The Hall–Kier alpha value is -2.27. The third-order valence-corrected chi connectivity index (χ3v) is 4.67. The van der Waals surface area contributed by atoms with Crippen LogP contribution in [-0.4, -0.2) is 34.5 Å². The number of nitrogens with one attached hydrogen (secondary N) is 1. The van der Waals surface area contributed by atoms with Gasteiger partial charge in [-0.2, -0.15) is 8.78 Å². The number of nitrogens with zero attached hydrogens (tertiary/aromatic N) is 1. The topological polar surface area (TPSA) is 120 Å². The summed E-state index contributed by atoms with van der Waals surface area (Å²) in [5, 5.41) is 8.10. The van der Waals surface area contributed by atoms with E-state index < -0.39 is 40.2 Å². The molecule has 29 heavy (non-hydrogen) atoms. The minimum Gasteiger partial charge on any atom is -0.444 e. The molecular weight excluding hydrogens is 408 g/mol. The quantitative estimate of drug-likeness (QED) is 0.680. The van der Waals surface area contributed by atoms with Crippen LogP contribution in [0.4, 0.5) is 13.6 Å². The van der Waals surface area contributed by atoms with Crippen LogP contribution in [0.15, 0.2) is 33.5 Å². The summed E-state index contributed by atoms with van der Waals surface area (Å²) in [5.41, 5.74) is -0.779. The Morgan fingerprint density at radius 2 is 1.90 bits per heavy atom. The van der Waals surface area contributed by atoms with Crippen molar-refractivity contribution in [3.63, 3.8) is 0 Å². The second kappa shape index (κ2) is 9.97. The van der Waals surface area contributed by atoms with Gasteiger partial charge < -0.3 is 14.8 Å². The van der Waals surface area contributed by atoms with Crippen LogP contribution in [-0.2, 0) is 19.4 Å². The molecule has 0 aliphatic rings. The number of alkyl carbamates (subject to hydrolysis) is 1. The van der Waals surface area contributed by atoms with Crippen LogP contribution in [0.1, 0.15) is 41.0 Å². The maximum absolute atomic E-state index is 12.7. The van der Waals surface area contributed by atoms with Gasteiger partial charge >= 0.3 is 12.7 Å². The van der Waals surface area contributed by atoms with Gasteiger partial charge in [-0.25, -0.2) is 14.1 Å². The van der Waals surface area contributed by atoms with Gasteiger partial charge in [-0.3, -0.25) is 4.79 Å². The number of hydrogen-bond donors (Lipinski definition) is 2. The highest BCUT2D eigenvalue weighted by atomic mass is 32.2. The Labute approximate surface area is 169 Å². The first kappa shape index (κ1) is 24.8. The highest BCUT2D eigenvalue weighted by Gasteiger charge is 2.26. The molecule has 1 aromatic rings. The molecule has 2 amide bonds. The summed E-state index contributed by atoms with van der Waals surface area (Å²) < 4.78 is 50.4. The summed E-state index contributed by atoms with van der Waals surface area (Å²) in [7, 11) is -3.76. The van der Waals surface area contributed by atoms with E-state index in [1.165, 1.54) is 18.2 Å². The Morgan fingerprint density at radius 1 is 1.28 bits per heavy atom. The number of hydrogen-bond acceptors (Lipinski definition) is 5. The number of benzene rings is 1. The van der Waals surface area contributed by atoms with Gasteiger partial charge in [-0.1, -0.05) is 19.9 Å². The predicted molar refractivity (Wildman–Crippen MR) is 104 cm³/mol. The zero-order valence-electron chi connectivity index (χ0n) is 17.0. The Balaban J connectivity index is 3.13. The second-order valence-electron chi connectivity index (χ2n) is 7.68. The van der Waals surface area contributed by atoms with E-state index in [-0.39, 0.29) is 23.0 Å². The first-order valence-corrected chi connectivity index (χ1v) is 10.4. The van der Waals surface area contributed by atoms with Crippen LogP contribution in [0.3, 0.4) is 0 Å². The lowest BCUT2D eigenvalue weighted by molar-refractivity contribution is -0.120. The minimum atomic E-state index is -3.76. The summed E-state index contributed by atoms with van der Waals surface area (Å²) >= 11 is 0. The Kier molecular flexibility index (Phi) is 8.51. The number of ether oxygens (including phenoxy) is 2. The van der Waals surface area contributed by atoms with Crippen molar-refractivity contribution in [3.05, 3.63) is 24.3 Å². The fraction of sp³-hybridized carbons (Fsp3) is 0.556. The minimum absolute atomic E-state index is 0.00863. The largest absolute Gasteiger partial charge is 0.444 e. The van der Waals surface area contributed by atoms with Crippen molar-refractivity contribution in [3.8, 4) is 5.75 Å². The summed E-state index contributed by atoms with van der Waals surface area (Å²) in [6.07, 6.45) is -0.631. The summed E-state index contributed by atoms with van der Waals surface area (Å²) in [5.74, 6) is -1.20. The van der Waals surface area contributed by atoms with Crippen molar-refractivity contribution in [2.45, 2.75) is 64.2 Å². The van der Waals surface area contributed by atoms with Gasteiger partial charge in [-0.15, -0.1) is 4.36 Å². The molecule has 0 aliphatic carbocycles. The molecule has 11 heteroatoms. The van der Waals surface area contributed by atoms with Crippen LogP contribution >= 0.6 is 0 Å². The van der Waals surface area contributed by atoms with Gasteiger partial charge in [0.1, 0.15) is 27.3 Å². The van der Waals surface area contributed by atoms with Gasteiger partial charge in [-0.05, 0) is 51.3 Å². The molecule has 3 N–H and O–H groups in total. The van der Waals surface area contributed by atoms with Crippen molar-refractivity contribution >= 4 is 21.9 Å². The lowest BCUT2D eigenvalue weighted by Crippen LogP contribution is -2.44. The first-order chi connectivity index (χ1) is 13.2. The molecule has 1 unspecified atom stereocenters. The molecule has 0 radical (unpaired) electrons. The average molecular weight is 435 g/mol. The normalized spacial score (nSPS) is 14.8. The van der Waals surface area contributed by atoms with Crippen molar-refractivity contribution in [2.24, 2.45) is 15.4 Å². The number of alkyl halides is 2. The van der Waals surface area contributed by atoms with E-state index in [0.29, 0.717) is 0 Å². The van der Waals surface area contributed by atoms with Crippen molar-refractivity contribution in [1.82, 2.24) is 5.32 Å². The SMILES string of the molecule is CC(C)C[C@H](NC(=O)OC(C)(C)C)C(=O)N=S(N)(=O)c1cccc(OC(F)F)c1. The number of carbonyl (C=O) groups excluding carboxylic acids is 2. The Bertz CT molecular complexity index is 846. The van der Waals surface area contributed by atoms with E-state index in [1.807, 2.05) is 13.8 Å². The molecular formula is C18H27F2N3O5S. The van der Waals surface area contributed by atoms with E-state index in [2.05, 4.69) is 14.4 Å². The molecule has 0 aromatic heterocycles. The number of nitrogens with two attached hydrogens (primary N) is 1. The molecule has 1 rings (SSSR count). The van der Waals surface area contributed by atoms with Crippen molar-refractivity contribution in [1.29, 1.82) is 0 Å². The fourth-order valence-electron chi connectivity index (χ4n) is 2.23. The zero-order chi connectivity index (χ0) is 22.4. The zero-order valence-corrected chi connectivity index (χ0v) is 17.8. The maximum atomic E-state index is 12.7. The number of carbonyl (C=O) groups is 2. The predicted octanol–water partition coefficient (Wildman–Crippen LogP) is 3.45. The molecule has 0 spiro atoms. The smallest absolute Gasteiger partial charge is 0.408 e. The molecule has 0 heterocycles. The molecule has 0 aliphatic heterocycles. The lowest BCUT2D eigenvalue weighted by Gasteiger charge is -2.23. The van der Waals surface area contributed by atoms with Crippen LogP contribution in [0.25, 0.3) is 0 Å². The molecule has 0 fully saturated rings.